The van der Waals surface area contributed by atoms with E-state index < -0.39 is 23.7 Å². The number of nitrogens with zero attached hydrogens (tertiary/aromatic N) is 1. The van der Waals surface area contributed by atoms with Gasteiger partial charge in [-0.05, 0) is 54.6 Å². The summed E-state index contributed by atoms with van der Waals surface area (Å²) in [4.78, 5) is 51.3. The Bertz CT molecular complexity index is 1470. The molecule has 0 unspecified atom stereocenters. The van der Waals surface area contributed by atoms with E-state index in [4.69, 9.17) is 21.1 Å². The van der Waals surface area contributed by atoms with Crippen molar-refractivity contribution in [2.75, 3.05) is 36.9 Å². The second kappa shape index (κ2) is 11.1. The van der Waals surface area contributed by atoms with Crippen LogP contribution in [0, 0.1) is 0 Å². The van der Waals surface area contributed by atoms with E-state index in [9.17, 15) is 19.2 Å². The summed E-state index contributed by atoms with van der Waals surface area (Å²) in [7, 11) is 4.25. The molecule has 0 aliphatic carbocycles. The minimum Gasteiger partial charge on any atom is -0.497 e. The number of anilines is 3. The zero-order valence-electron chi connectivity index (χ0n) is 20.5. The number of rotatable bonds is 8. The van der Waals surface area contributed by atoms with Crippen LogP contribution in [-0.2, 0) is 14.3 Å². The van der Waals surface area contributed by atoms with Crippen molar-refractivity contribution in [3.63, 3.8) is 0 Å². The van der Waals surface area contributed by atoms with Crippen molar-refractivity contribution in [3.05, 3.63) is 88.6 Å². The van der Waals surface area contributed by atoms with E-state index in [0.29, 0.717) is 22.9 Å². The van der Waals surface area contributed by atoms with Crippen molar-refractivity contribution < 1.29 is 33.4 Å². The van der Waals surface area contributed by atoms with E-state index in [0.717, 1.165) is 4.90 Å². The summed E-state index contributed by atoms with van der Waals surface area (Å²) in [6.07, 6.45) is 0. The molecule has 0 aromatic heterocycles. The molecule has 0 fully saturated rings. The topological polar surface area (TPSA) is 123 Å². The first-order valence-corrected chi connectivity index (χ1v) is 11.5. The Balaban J connectivity index is 1.52. The number of esters is 1. The molecule has 0 saturated heterocycles. The summed E-state index contributed by atoms with van der Waals surface area (Å²) in [5.41, 5.74) is 1.41. The molecule has 0 spiro atoms. The molecule has 0 bridgehead atoms. The van der Waals surface area contributed by atoms with Gasteiger partial charge in [0.15, 0.2) is 0 Å². The molecule has 0 radical (unpaired) electrons. The van der Waals surface area contributed by atoms with Crippen LogP contribution in [0.2, 0.25) is 0 Å². The molecular formula is C27H22ClN3O7. The monoisotopic (exact) mass is 535 g/mol. The molecule has 11 heteroatoms. The summed E-state index contributed by atoms with van der Waals surface area (Å²) in [5, 5.41) is 5.30. The molecule has 1 heterocycles. The van der Waals surface area contributed by atoms with E-state index in [1.54, 1.807) is 36.4 Å². The lowest BCUT2D eigenvalue weighted by Crippen LogP contribution is -2.32. The Morgan fingerprint density at radius 3 is 2.24 bits per heavy atom. The number of hydrogen-bond acceptors (Lipinski definition) is 8. The Hall–Kier alpha value is -4.83. The minimum absolute atomic E-state index is 0.150. The molecule has 194 valence electrons. The maximum absolute atomic E-state index is 13.1. The molecule has 2 N–H and O–H groups in total. The molecule has 10 nitrogen and oxygen atoms in total. The van der Waals surface area contributed by atoms with Gasteiger partial charge in [-0.2, -0.15) is 0 Å². The number of halogens is 1. The highest BCUT2D eigenvalue weighted by Gasteiger charge is 2.39. The molecule has 3 aromatic carbocycles. The molecule has 0 saturated carbocycles. The van der Waals surface area contributed by atoms with Crippen molar-refractivity contribution in [1.82, 2.24) is 0 Å². The summed E-state index contributed by atoms with van der Waals surface area (Å²) < 4.78 is 15.1. The molecule has 4 rings (SSSR count). The maximum atomic E-state index is 13.1. The predicted molar refractivity (Wildman–Crippen MR) is 141 cm³/mol. The normalized spacial score (nSPS) is 12.9. The second-order valence-electron chi connectivity index (χ2n) is 7.90. The Morgan fingerprint density at radius 1 is 0.842 bits per heavy atom. The Morgan fingerprint density at radius 2 is 1.58 bits per heavy atom. The molecule has 3 aromatic rings. The van der Waals surface area contributed by atoms with Crippen LogP contribution < -0.4 is 25.0 Å². The predicted octanol–water partition coefficient (Wildman–Crippen LogP) is 4.18. The lowest BCUT2D eigenvalue weighted by Gasteiger charge is -2.15. The van der Waals surface area contributed by atoms with Crippen molar-refractivity contribution in [3.8, 4) is 11.5 Å². The average molecular weight is 536 g/mol. The number of methoxy groups -OCH3 is 3. The van der Waals surface area contributed by atoms with Gasteiger partial charge >= 0.3 is 5.97 Å². The highest BCUT2D eigenvalue weighted by molar-refractivity contribution is 6.53. The third kappa shape index (κ3) is 5.16. The fraction of sp³-hybridized carbons (Fsp3) is 0.111. The second-order valence-corrected chi connectivity index (χ2v) is 8.28. The van der Waals surface area contributed by atoms with E-state index in [1.807, 2.05) is 0 Å². The third-order valence-corrected chi connectivity index (χ3v) is 5.98. The molecule has 38 heavy (non-hydrogen) atoms. The number of hydrogen-bond donors (Lipinski definition) is 2. The van der Waals surface area contributed by atoms with Crippen molar-refractivity contribution >= 4 is 52.4 Å². The van der Waals surface area contributed by atoms with Crippen molar-refractivity contribution in [1.29, 1.82) is 0 Å². The van der Waals surface area contributed by atoms with Gasteiger partial charge in [0.1, 0.15) is 22.2 Å². The van der Waals surface area contributed by atoms with Crippen LogP contribution in [0.1, 0.15) is 20.7 Å². The third-order valence-electron chi connectivity index (χ3n) is 5.62. The summed E-state index contributed by atoms with van der Waals surface area (Å²) in [6.45, 7) is 0. The van der Waals surface area contributed by atoms with Crippen LogP contribution in [0.25, 0.3) is 0 Å². The van der Waals surface area contributed by atoms with Crippen LogP contribution in [0.15, 0.2) is 77.5 Å². The quantitative estimate of drug-likeness (QED) is 0.325. The highest BCUT2D eigenvalue weighted by atomic mass is 35.5. The molecule has 0 atom stereocenters. The molecule has 3 amide bonds. The number of nitrogens with one attached hydrogen (secondary N) is 2. The average Bonchev–Trinajstić information content (AvgIpc) is 3.15. The number of benzene rings is 3. The van der Waals surface area contributed by atoms with Crippen LogP contribution in [0.4, 0.5) is 17.1 Å². The fourth-order valence-electron chi connectivity index (χ4n) is 3.69. The van der Waals surface area contributed by atoms with Gasteiger partial charge in [-0.1, -0.05) is 17.7 Å². The molecular weight excluding hydrogens is 514 g/mol. The Labute approximate surface area is 222 Å². The zero-order chi connectivity index (χ0) is 27.4. The van der Waals surface area contributed by atoms with Crippen molar-refractivity contribution in [2.45, 2.75) is 0 Å². The van der Waals surface area contributed by atoms with E-state index >= 15 is 0 Å². The zero-order valence-corrected chi connectivity index (χ0v) is 21.3. The number of ether oxygens (including phenoxy) is 3. The van der Waals surface area contributed by atoms with Crippen LogP contribution in [-0.4, -0.2) is 45.0 Å². The standard InChI is InChI=1S/C27H22ClN3O7/c1-36-19-11-12-20(21(14-19)37-2)30-24(32)16-5-4-6-17(13-16)29-23-22(28)25(33)31(26(23)34)18-9-7-15(8-10-18)27(35)38-3/h4-14,29H,1-3H3,(H,30,32). The van der Waals surface area contributed by atoms with E-state index in [2.05, 4.69) is 15.4 Å². The first-order chi connectivity index (χ1) is 18.3. The van der Waals surface area contributed by atoms with Crippen LogP contribution in [0.5, 0.6) is 11.5 Å². The van der Waals surface area contributed by atoms with Gasteiger partial charge in [0.25, 0.3) is 17.7 Å². The van der Waals surface area contributed by atoms with E-state index in [1.165, 1.54) is 51.7 Å². The van der Waals surface area contributed by atoms with Gasteiger partial charge in [0.2, 0.25) is 0 Å². The van der Waals surface area contributed by atoms with Gasteiger partial charge in [0, 0.05) is 17.3 Å². The van der Waals surface area contributed by atoms with Gasteiger partial charge in [0.05, 0.1) is 38.3 Å². The summed E-state index contributed by atoms with van der Waals surface area (Å²) in [5.74, 6) is -1.42. The van der Waals surface area contributed by atoms with E-state index in [-0.39, 0.29) is 27.5 Å². The van der Waals surface area contributed by atoms with Crippen LogP contribution >= 0.6 is 11.6 Å². The Kier molecular flexibility index (Phi) is 7.63. The molecule has 1 aliphatic rings. The van der Waals surface area contributed by atoms with Crippen molar-refractivity contribution in [2.24, 2.45) is 0 Å². The van der Waals surface area contributed by atoms with Gasteiger partial charge in [-0.3, -0.25) is 14.4 Å². The minimum atomic E-state index is -0.731. The van der Waals surface area contributed by atoms with Gasteiger partial charge in [-0.25, -0.2) is 9.69 Å². The lowest BCUT2D eigenvalue weighted by atomic mass is 10.1. The maximum Gasteiger partial charge on any atom is 0.337 e. The first kappa shape index (κ1) is 26.2. The number of carbonyl (C=O) groups excluding carboxylic acids is 4. The smallest absolute Gasteiger partial charge is 0.337 e. The number of imide groups is 1. The SMILES string of the molecule is COC(=O)c1ccc(N2C(=O)C(Cl)=C(Nc3cccc(C(=O)Nc4ccc(OC)cc4OC)c3)C2=O)cc1. The van der Waals surface area contributed by atoms with Gasteiger partial charge in [-0.15, -0.1) is 0 Å². The van der Waals surface area contributed by atoms with Crippen LogP contribution in [0.3, 0.4) is 0 Å². The van der Waals surface area contributed by atoms with Gasteiger partial charge < -0.3 is 24.8 Å². The molecule has 1 aliphatic heterocycles. The largest absolute Gasteiger partial charge is 0.497 e. The summed E-state index contributed by atoms with van der Waals surface area (Å²) in [6, 6.07) is 17.0. The number of amides is 3. The highest BCUT2D eigenvalue weighted by Crippen LogP contribution is 2.32. The lowest BCUT2D eigenvalue weighted by molar-refractivity contribution is -0.120. The number of carbonyl (C=O) groups is 4. The summed E-state index contributed by atoms with van der Waals surface area (Å²) >= 11 is 6.22. The first-order valence-electron chi connectivity index (χ1n) is 11.1. The fourth-order valence-corrected chi connectivity index (χ4v) is 3.90.